The van der Waals surface area contributed by atoms with E-state index in [2.05, 4.69) is 5.32 Å². The van der Waals surface area contributed by atoms with Gasteiger partial charge in [0.1, 0.15) is 5.75 Å². The second kappa shape index (κ2) is 5.60. The minimum atomic E-state index is -0.367. The Kier molecular flexibility index (Phi) is 3.89. The third-order valence-corrected chi connectivity index (χ3v) is 2.44. The maximum Gasteiger partial charge on any atom is 0.291 e. The molecule has 0 aliphatic heterocycles. The number of hydrogen-bond donors (Lipinski definition) is 1. The fraction of sp³-hybridized carbons (Fsp3) is 0.154. The van der Waals surface area contributed by atoms with Crippen LogP contribution in [0.1, 0.15) is 17.5 Å². The molecule has 4 nitrogen and oxygen atoms in total. The summed E-state index contributed by atoms with van der Waals surface area (Å²) in [7, 11) is 0. The highest BCUT2D eigenvalue weighted by molar-refractivity contribution is 6.29. The number of benzene rings is 1. The number of nitrogens with one attached hydrogen (secondary N) is 1. The second-order valence-corrected chi connectivity index (χ2v) is 3.86. The fourth-order valence-electron chi connectivity index (χ4n) is 1.47. The van der Waals surface area contributed by atoms with Gasteiger partial charge in [-0.1, -0.05) is 12.1 Å². The standard InChI is InChI=1S/C13H12ClNO3/c1-2-17-10-6-4-3-5-9(10)15-13(16)11-7-8-12(14)18-11/h3-8H,2H2,1H3,(H,15,16). The lowest BCUT2D eigenvalue weighted by molar-refractivity contribution is 0.0996. The Labute approximate surface area is 110 Å². The molecule has 0 atom stereocenters. The molecule has 0 unspecified atom stereocenters. The molecule has 0 radical (unpaired) electrons. The van der Waals surface area contributed by atoms with Crippen LogP contribution in [0.15, 0.2) is 40.8 Å². The number of furan rings is 1. The van der Waals surface area contributed by atoms with Crippen molar-refractivity contribution in [1.82, 2.24) is 0 Å². The van der Waals surface area contributed by atoms with Crippen LogP contribution in [0.4, 0.5) is 5.69 Å². The highest BCUT2D eigenvalue weighted by Gasteiger charge is 2.12. The molecule has 1 aromatic heterocycles. The summed E-state index contributed by atoms with van der Waals surface area (Å²) >= 11 is 5.62. The Morgan fingerprint density at radius 2 is 2.11 bits per heavy atom. The van der Waals surface area contributed by atoms with Gasteiger partial charge in [0, 0.05) is 0 Å². The van der Waals surface area contributed by atoms with Crippen LogP contribution in [0.2, 0.25) is 5.22 Å². The van der Waals surface area contributed by atoms with E-state index in [0.717, 1.165) is 0 Å². The first-order valence-corrected chi connectivity index (χ1v) is 5.87. The molecule has 0 aliphatic rings. The maximum absolute atomic E-state index is 11.9. The SMILES string of the molecule is CCOc1ccccc1NC(=O)c1ccc(Cl)o1. The summed E-state index contributed by atoms with van der Waals surface area (Å²) in [4.78, 5) is 11.9. The number of ether oxygens (including phenoxy) is 1. The predicted molar refractivity (Wildman–Crippen MR) is 69.3 cm³/mol. The van der Waals surface area contributed by atoms with E-state index >= 15 is 0 Å². The molecule has 94 valence electrons. The fourth-order valence-corrected chi connectivity index (χ4v) is 1.62. The number of amides is 1. The first-order chi connectivity index (χ1) is 8.70. The van der Waals surface area contributed by atoms with E-state index in [9.17, 15) is 4.79 Å². The van der Waals surface area contributed by atoms with Crippen LogP contribution < -0.4 is 10.1 Å². The van der Waals surface area contributed by atoms with Gasteiger partial charge in [-0.05, 0) is 42.8 Å². The Morgan fingerprint density at radius 3 is 2.78 bits per heavy atom. The number of carbonyl (C=O) groups excluding carboxylic acids is 1. The summed E-state index contributed by atoms with van der Waals surface area (Å²) in [6, 6.07) is 10.2. The molecule has 5 heteroatoms. The summed E-state index contributed by atoms with van der Waals surface area (Å²) in [6.45, 7) is 2.41. The number of carbonyl (C=O) groups is 1. The summed E-state index contributed by atoms with van der Waals surface area (Å²) in [5.41, 5.74) is 0.594. The molecule has 1 heterocycles. The van der Waals surface area contributed by atoms with Crippen molar-refractivity contribution in [2.75, 3.05) is 11.9 Å². The Hall–Kier alpha value is -1.94. The van der Waals surface area contributed by atoms with Crippen LogP contribution in [0.5, 0.6) is 5.75 Å². The molecule has 18 heavy (non-hydrogen) atoms. The van der Waals surface area contributed by atoms with Gasteiger partial charge in [0.25, 0.3) is 5.91 Å². The van der Waals surface area contributed by atoms with Gasteiger partial charge in [-0.2, -0.15) is 0 Å². The van der Waals surface area contributed by atoms with Crippen LogP contribution in [0.3, 0.4) is 0 Å². The van der Waals surface area contributed by atoms with Crippen LogP contribution in [0, 0.1) is 0 Å². The Balaban J connectivity index is 2.16. The Bertz CT molecular complexity index is 551. The zero-order valence-electron chi connectivity index (χ0n) is 9.77. The number of halogens is 1. The molecule has 2 aromatic rings. The molecule has 0 aliphatic carbocycles. The largest absolute Gasteiger partial charge is 0.492 e. The van der Waals surface area contributed by atoms with E-state index in [0.29, 0.717) is 18.0 Å². The lowest BCUT2D eigenvalue weighted by atomic mass is 10.3. The molecule has 0 saturated carbocycles. The first-order valence-electron chi connectivity index (χ1n) is 5.49. The van der Waals surface area contributed by atoms with Crippen LogP contribution in [-0.4, -0.2) is 12.5 Å². The highest BCUT2D eigenvalue weighted by Crippen LogP contribution is 2.24. The predicted octanol–water partition coefficient (Wildman–Crippen LogP) is 3.58. The topological polar surface area (TPSA) is 51.5 Å². The van der Waals surface area contributed by atoms with Crippen molar-refractivity contribution in [2.45, 2.75) is 6.92 Å². The summed E-state index contributed by atoms with van der Waals surface area (Å²) in [5.74, 6) is 0.409. The monoisotopic (exact) mass is 265 g/mol. The summed E-state index contributed by atoms with van der Waals surface area (Å²) < 4.78 is 10.4. The molecule has 1 amide bonds. The molecule has 0 fully saturated rings. The van der Waals surface area contributed by atoms with Crippen molar-refractivity contribution in [1.29, 1.82) is 0 Å². The van der Waals surface area contributed by atoms with Crippen LogP contribution >= 0.6 is 11.6 Å². The molecule has 2 rings (SSSR count). The summed E-state index contributed by atoms with van der Waals surface area (Å²) in [5, 5.41) is 2.89. The molecule has 0 spiro atoms. The number of hydrogen-bond acceptors (Lipinski definition) is 3. The second-order valence-electron chi connectivity index (χ2n) is 3.49. The van der Waals surface area contributed by atoms with Crippen molar-refractivity contribution in [3.63, 3.8) is 0 Å². The highest BCUT2D eigenvalue weighted by atomic mass is 35.5. The van der Waals surface area contributed by atoms with E-state index in [-0.39, 0.29) is 16.9 Å². The van der Waals surface area contributed by atoms with Gasteiger partial charge >= 0.3 is 0 Å². The smallest absolute Gasteiger partial charge is 0.291 e. The normalized spacial score (nSPS) is 10.1. The van der Waals surface area contributed by atoms with Gasteiger partial charge in [-0.25, -0.2) is 0 Å². The molecular weight excluding hydrogens is 254 g/mol. The van der Waals surface area contributed by atoms with E-state index in [1.54, 1.807) is 12.1 Å². The lowest BCUT2D eigenvalue weighted by Crippen LogP contribution is -2.12. The van der Waals surface area contributed by atoms with E-state index in [1.807, 2.05) is 19.1 Å². The van der Waals surface area contributed by atoms with Crippen LogP contribution in [0.25, 0.3) is 0 Å². The molecule has 0 saturated heterocycles. The van der Waals surface area contributed by atoms with E-state index < -0.39 is 0 Å². The van der Waals surface area contributed by atoms with Crippen molar-refractivity contribution in [2.24, 2.45) is 0 Å². The molecule has 1 aromatic carbocycles. The van der Waals surface area contributed by atoms with Gasteiger partial charge in [-0.3, -0.25) is 4.79 Å². The lowest BCUT2D eigenvalue weighted by Gasteiger charge is -2.10. The molecular formula is C13H12ClNO3. The Morgan fingerprint density at radius 1 is 1.33 bits per heavy atom. The quantitative estimate of drug-likeness (QED) is 0.919. The van der Waals surface area contributed by atoms with Crippen molar-refractivity contribution >= 4 is 23.2 Å². The van der Waals surface area contributed by atoms with Crippen molar-refractivity contribution in [3.05, 3.63) is 47.4 Å². The third-order valence-electron chi connectivity index (χ3n) is 2.23. The van der Waals surface area contributed by atoms with Crippen molar-refractivity contribution < 1.29 is 13.9 Å². The molecule has 1 N–H and O–H groups in total. The van der Waals surface area contributed by atoms with Gasteiger partial charge < -0.3 is 14.5 Å². The van der Waals surface area contributed by atoms with Gasteiger partial charge in [-0.15, -0.1) is 0 Å². The summed E-state index contributed by atoms with van der Waals surface area (Å²) in [6.07, 6.45) is 0. The average Bonchev–Trinajstić information content (AvgIpc) is 2.79. The maximum atomic E-state index is 11.9. The minimum Gasteiger partial charge on any atom is -0.492 e. The zero-order chi connectivity index (χ0) is 13.0. The number of rotatable bonds is 4. The minimum absolute atomic E-state index is 0.159. The average molecular weight is 266 g/mol. The first kappa shape index (κ1) is 12.5. The number of anilines is 1. The molecule has 0 bridgehead atoms. The van der Waals surface area contributed by atoms with Crippen LogP contribution in [-0.2, 0) is 0 Å². The zero-order valence-corrected chi connectivity index (χ0v) is 10.5. The van der Waals surface area contributed by atoms with Gasteiger partial charge in [0.15, 0.2) is 11.0 Å². The van der Waals surface area contributed by atoms with E-state index in [1.165, 1.54) is 12.1 Å². The van der Waals surface area contributed by atoms with Gasteiger partial charge in [0.05, 0.1) is 12.3 Å². The van der Waals surface area contributed by atoms with Gasteiger partial charge in [0.2, 0.25) is 0 Å². The van der Waals surface area contributed by atoms with E-state index in [4.69, 9.17) is 20.8 Å². The number of para-hydroxylation sites is 2. The van der Waals surface area contributed by atoms with Crippen molar-refractivity contribution in [3.8, 4) is 5.75 Å². The third kappa shape index (κ3) is 2.84.